The summed E-state index contributed by atoms with van der Waals surface area (Å²) in [6, 6.07) is 8.36. The maximum Gasteiger partial charge on any atom is 2.00 e. The van der Waals surface area contributed by atoms with Gasteiger partial charge >= 0.3 is 17.1 Å². The Hall–Kier alpha value is -1.62. The van der Waals surface area contributed by atoms with Crippen LogP contribution in [0.2, 0.25) is 0 Å². The van der Waals surface area contributed by atoms with Gasteiger partial charge in [0.2, 0.25) is 0 Å². The molecule has 0 aliphatic rings. The van der Waals surface area contributed by atoms with Gasteiger partial charge in [0, 0.05) is 4.90 Å². The zero-order chi connectivity index (χ0) is 30.0. The number of hydrogen-bond donors (Lipinski definition) is 2. The van der Waals surface area contributed by atoms with Crippen LogP contribution in [-0.2, 0) is 50.1 Å². The smallest absolute Gasteiger partial charge is 0.872 e. The molecule has 2 aromatic carbocycles. The van der Waals surface area contributed by atoms with Crippen LogP contribution in [0.25, 0.3) is 0 Å². The van der Waals surface area contributed by atoms with Gasteiger partial charge < -0.3 is 14.8 Å². The van der Waals surface area contributed by atoms with E-state index in [1.165, 1.54) is 88.5 Å². The summed E-state index contributed by atoms with van der Waals surface area (Å²) >= 11 is 0. The van der Waals surface area contributed by atoms with Gasteiger partial charge in [-0.2, -0.15) is 8.42 Å². The van der Waals surface area contributed by atoms with E-state index in [0.717, 1.165) is 43.2 Å². The third-order valence-corrected chi connectivity index (χ3v) is 8.46. The van der Waals surface area contributed by atoms with Crippen LogP contribution in [-0.4, -0.2) is 31.0 Å². The molecule has 2 rings (SSSR count). The predicted molar refractivity (Wildman–Crippen MR) is 155 cm³/mol. The van der Waals surface area contributed by atoms with Crippen molar-refractivity contribution in [1.82, 2.24) is 0 Å². The van der Waals surface area contributed by atoms with Crippen LogP contribution in [0.15, 0.2) is 46.2 Å². The van der Waals surface area contributed by atoms with E-state index >= 15 is 0 Å². The molecule has 8 nitrogen and oxygen atoms in total. The van der Waals surface area contributed by atoms with Crippen LogP contribution in [0.5, 0.6) is 11.5 Å². The van der Waals surface area contributed by atoms with E-state index in [4.69, 9.17) is 4.55 Å². The molecule has 41 heavy (non-hydrogen) atoms. The summed E-state index contributed by atoms with van der Waals surface area (Å²) in [4.78, 5) is -1.03. The SMILES string of the molecule is CCCCCCCCCc1ccc(O)c(S(=O)(=O)O)c1.CCCCCCCCCc1ccc([O-])c(S(=O)(=O)[O-])c1.[Cu+2]. The first-order chi connectivity index (χ1) is 18.9. The van der Waals surface area contributed by atoms with E-state index in [-0.39, 0.29) is 17.1 Å². The molecule has 2 N–H and O–H groups in total. The second-order valence-electron chi connectivity index (χ2n) is 10.3. The van der Waals surface area contributed by atoms with Crippen molar-refractivity contribution in [3.8, 4) is 11.5 Å². The summed E-state index contributed by atoms with van der Waals surface area (Å²) in [6.45, 7) is 4.37. The fourth-order valence-electron chi connectivity index (χ4n) is 4.40. The molecule has 0 unspecified atom stereocenters. The molecule has 0 bridgehead atoms. The van der Waals surface area contributed by atoms with Gasteiger partial charge in [0.1, 0.15) is 20.8 Å². The van der Waals surface area contributed by atoms with Gasteiger partial charge in [0.25, 0.3) is 10.1 Å². The third-order valence-electron chi connectivity index (χ3n) is 6.72. The van der Waals surface area contributed by atoms with Gasteiger partial charge in [-0.05, 0) is 55.0 Å². The number of aromatic hydroxyl groups is 1. The third kappa shape index (κ3) is 17.2. The van der Waals surface area contributed by atoms with Crippen LogP contribution < -0.4 is 5.11 Å². The predicted octanol–water partition coefficient (Wildman–Crippen LogP) is 6.89. The van der Waals surface area contributed by atoms with Gasteiger partial charge in [0.05, 0.1) is 0 Å². The van der Waals surface area contributed by atoms with E-state index < -0.39 is 41.5 Å². The average molecular weight is 662 g/mol. The molecular formula is C30H46CuO8S2. The minimum absolute atomic E-state index is 0. The number of benzene rings is 2. The topological polar surface area (TPSA) is 155 Å². The Morgan fingerprint density at radius 2 is 1.02 bits per heavy atom. The zero-order valence-electron chi connectivity index (χ0n) is 24.2. The van der Waals surface area contributed by atoms with Gasteiger partial charge in [0.15, 0.2) is 0 Å². The fourth-order valence-corrected chi connectivity index (χ4v) is 5.64. The van der Waals surface area contributed by atoms with Gasteiger partial charge in [-0.3, -0.25) is 4.55 Å². The molecule has 0 heterocycles. The second-order valence-corrected chi connectivity index (χ2v) is 13.0. The summed E-state index contributed by atoms with van der Waals surface area (Å²) < 4.78 is 63.9. The van der Waals surface area contributed by atoms with Crippen LogP contribution in [0.3, 0.4) is 0 Å². The van der Waals surface area contributed by atoms with Crippen molar-refractivity contribution in [2.75, 3.05) is 0 Å². The number of phenolic OH excluding ortho intramolecular Hbond substituents is 1. The number of rotatable bonds is 18. The second kappa shape index (κ2) is 21.1. The fraction of sp³-hybridized carbons (Fsp3) is 0.600. The molecule has 0 atom stereocenters. The minimum Gasteiger partial charge on any atom is -0.872 e. The van der Waals surface area contributed by atoms with E-state index in [2.05, 4.69) is 13.8 Å². The first-order valence-corrected chi connectivity index (χ1v) is 17.3. The van der Waals surface area contributed by atoms with Crippen LogP contribution >= 0.6 is 0 Å². The molecule has 0 spiro atoms. The van der Waals surface area contributed by atoms with Gasteiger partial charge in [-0.15, -0.1) is 0 Å². The Labute approximate surface area is 258 Å². The number of aryl methyl sites for hydroxylation is 2. The zero-order valence-corrected chi connectivity index (χ0v) is 26.8. The summed E-state index contributed by atoms with van der Waals surface area (Å²) in [6.07, 6.45) is 18.0. The van der Waals surface area contributed by atoms with E-state index in [1.807, 2.05) is 0 Å². The maximum atomic E-state index is 11.3. The van der Waals surface area contributed by atoms with Crippen molar-refractivity contribution in [3.63, 3.8) is 0 Å². The Morgan fingerprint density at radius 1 is 0.634 bits per heavy atom. The molecule has 1 radical (unpaired) electrons. The van der Waals surface area contributed by atoms with Crippen molar-refractivity contribution in [2.24, 2.45) is 0 Å². The Bertz CT molecular complexity index is 1120. The normalized spacial score (nSPS) is 11.4. The van der Waals surface area contributed by atoms with E-state index in [1.54, 1.807) is 12.1 Å². The molecule has 11 heteroatoms. The molecule has 0 saturated heterocycles. The number of hydrogen-bond acceptors (Lipinski definition) is 7. The quantitative estimate of drug-likeness (QED) is 0.0994. The van der Waals surface area contributed by atoms with Crippen molar-refractivity contribution < 1.29 is 53.2 Å². The molecule has 0 fully saturated rings. The van der Waals surface area contributed by atoms with E-state index in [0.29, 0.717) is 6.42 Å². The Morgan fingerprint density at radius 3 is 1.44 bits per heavy atom. The average Bonchev–Trinajstić information content (AvgIpc) is 2.88. The number of phenols is 1. The molecule has 0 aliphatic heterocycles. The van der Waals surface area contributed by atoms with Crippen molar-refractivity contribution in [2.45, 2.75) is 126 Å². The molecular weight excluding hydrogens is 616 g/mol. The first-order valence-electron chi connectivity index (χ1n) is 14.4. The number of unbranched alkanes of at least 4 members (excludes halogenated alkanes) is 12. The van der Waals surface area contributed by atoms with E-state index in [9.17, 15) is 31.6 Å². The van der Waals surface area contributed by atoms with Crippen LogP contribution in [0, 0.1) is 0 Å². The summed E-state index contributed by atoms with van der Waals surface area (Å²) in [5.41, 5.74) is 1.57. The molecule has 0 aliphatic carbocycles. The summed E-state index contributed by atoms with van der Waals surface area (Å²) in [7, 11) is -9.02. The minimum atomic E-state index is -4.66. The van der Waals surface area contributed by atoms with Gasteiger partial charge in [-0.25, -0.2) is 8.42 Å². The monoisotopic (exact) mass is 661 g/mol. The summed E-state index contributed by atoms with van der Waals surface area (Å²) in [5.74, 6) is -1.13. The molecule has 0 amide bonds. The maximum absolute atomic E-state index is 11.3. The molecule has 0 aromatic heterocycles. The Balaban J connectivity index is 0.000000762. The van der Waals surface area contributed by atoms with Crippen molar-refractivity contribution >= 4 is 20.2 Å². The molecule has 237 valence electrons. The van der Waals surface area contributed by atoms with Crippen LogP contribution in [0.1, 0.15) is 115 Å². The molecule has 0 saturated carbocycles. The first kappa shape index (κ1) is 39.4. The summed E-state index contributed by atoms with van der Waals surface area (Å²) in [5, 5.41) is 20.7. The van der Waals surface area contributed by atoms with Crippen molar-refractivity contribution in [3.05, 3.63) is 47.5 Å². The molecule has 2 aromatic rings. The van der Waals surface area contributed by atoms with Crippen molar-refractivity contribution in [1.29, 1.82) is 0 Å². The Kier molecular flexibility index (Phi) is 20.3. The standard InChI is InChI=1S/2C15H24O4S.Cu/c2*1-2-3-4-5-6-7-8-9-13-10-11-14(16)15(12-13)20(17,18)19;/h2*10-12,16H,2-9H2,1H3,(H,17,18,19);/q;;+2/p-2. The largest absolute Gasteiger partial charge is 2.00 e. The van der Waals surface area contributed by atoms with Gasteiger partial charge in [-0.1, -0.05) is 115 Å². The van der Waals surface area contributed by atoms with Crippen LogP contribution in [0.4, 0.5) is 0 Å².